The normalized spacial score (nSPS) is 23.0. The number of nitrogens with zero attached hydrogens (tertiary/aromatic N) is 1. The van der Waals surface area contributed by atoms with Gasteiger partial charge in [-0.1, -0.05) is 18.2 Å². The minimum atomic E-state index is -0.332. The van der Waals surface area contributed by atoms with Crippen LogP contribution in [0.2, 0.25) is 0 Å². The first-order chi connectivity index (χ1) is 12.7. The monoisotopic (exact) mass is 360 g/mol. The Labute approximate surface area is 154 Å². The van der Waals surface area contributed by atoms with Crippen molar-refractivity contribution in [1.82, 2.24) is 10.2 Å². The number of methoxy groups -OCH3 is 2. The molecule has 6 nitrogen and oxygen atoms in total. The SMILES string of the molecule is COCCN1C(=O)CC[C@@H](C(=O)NCC2CC2)[C@@H]1c1ccccc1OC. The number of benzene rings is 1. The summed E-state index contributed by atoms with van der Waals surface area (Å²) < 4.78 is 10.7. The summed E-state index contributed by atoms with van der Waals surface area (Å²) in [6.45, 7) is 1.64. The van der Waals surface area contributed by atoms with Gasteiger partial charge in [-0.05, 0) is 31.2 Å². The molecule has 1 saturated heterocycles. The molecule has 1 aliphatic carbocycles. The van der Waals surface area contributed by atoms with Crippen molar-refractivity contribution in [2.75, 3.05) is 33.9 Å². The summed E-state index contributed by atoms with van der Waals surface area (Å²) in [4.78, 5) is 27.3. The van der Waals surface area contributed by atoms with Crippen molar-refractivity contribution in [2.24, 2.45) is 11.8 Å². The smallest absolute Gasteiger partial charge is 0.225 e. The van der Waals surface area contributed by atoms with E-state index in [1.54, 1.807) is 19.1 Å². The molecule has 1 N–H and O–H groups in total. The number of hydrogen-bond donors (Lipinski definition) is 1. The topological polar surface area (TPSA) is 67.9 Å². The van der Waals surface area contributed by atoms with Crippen molar-refractivity contribution in [3.63, 3.8) is 0 Å². The van der Waals surface area contributed by atoms with Crippen LogP contribution in [0.1, 0.15) is 37.3 Å². The van der Waals surface area contributed by atoms with Gasteiger partial charge in [-0.15, -0.1) is 0 Å². The molecule has 1 aliphatic heterocycles. The maximum Gasteiger partial charge on any atom is 0.225 e. The van der Waals surface area contributed by atoms with Gasteiger partial charge in [-0.3, -0.25) is 9.59 Å². The third kappa shape index (κ3) is 4.18. The van der Waals surface area contributed by atoms with Crippen molar-refractivity contribution in [3.05, 3.63) is 29.8 Å². The third-order valence-electron chi connectivity index (χ3n) is 5.30. The second-order valence-corrected chi connectivity index (χ2v) is 7.10. The Balaban J connectivity index is 1.89. The Morgan fingerprint density at radius 1 is 1.23 bits per heavy atom. The van der Waals surface area contributed by atoms with E-state index in [1.807, 2.05) is 24.3 Å². The maximum atomic E-state index is 12.9. The van der Waals surface area contributed by atoms with E-state index in [2.05, 4.69) is 5.32 Å². The summed E-state index contributed by atoms with van der Waals surface area (Å²) in [6, 6.07) is 7.31. The largest absolute Gasteiger partial charge is 0.496 e. The number of rotatable bonds is 8. The van der Waals surface area contributed by atoms with Gasteiger partial charge in [0, 0.05) is 32.2 Å². The predicted octanol–water partition coefficient (Wildman–Crippen LogP) is 2.15. The quantitative estimate of drug-likeness (QED) is 0.771. The Bertz CT molecular complexity index is 644. The van der Waals surface area contributed by atoms with Crippen LogP contribution in [-0.2, 0) is 14.3 Å². The lowest BCUT2D eigenvalue weighted by Gasteiger charge is -2.41. The van der Waals surface area contributed by atoms with Crippen LogP contribution in [0, 0.1) is 11.8 Å². The Kier molecular flexibility index (Phi) is 6.14. The predicted molar refractivity (Wildman–Crippen MR) is 97.8 cm³/mol. The molecular formula is C20H28N2O4. The Hall–Kier alpha value is -2.08. The number of carbonyl (C=O) groups is 2. The summed E-state index contributed by atoms with van der Waals surface area (Å²) in [5.41, 5.74) is 0.880. The molecule has 26 heavy (non-hydrogen) atoms. The number of para-hydroxylation sites is 1. The highest BCUT2D eigenvalue weighted by atomic mass is 16.5. The van der Waals surface area contributed by atoms with E-state index in [4.69, 9.17) is 9.47 Å². The molecule has 142 valence electrons. The fourth-order valence-corrected chi connectivity index (χ4v) is 3.67. The van der Waals surface area contributed by atoms with Crippen LogP contribution >= 0.6 is 0 Å². The molecule has 0 radical (unpaired) electrons. The van der Waals surface area contributed by atoms with Gasteiger partial charge in [0.05, 0.1) is 25.7 Å². The molecule has 0 aromatic heterocycles. The molecule has 2 amide bonds. The third-order valence-corrected chi connectivity index (χ3v) is 5.30. The molecule has 1 saturated carbocycles. The summed E-state index contributed by atoms with van der Waals surface area (Å²) in [5, 5.41) is 3.09. The second kappa shape index (κ2) is 8.54. The van der Waals surface area contributed by atoms with E-state index in [-0.39, 0.29) is 23.8 Å². The highest BCUT2D eigenvalue weighted by Gasteiger charge is 2.41. The number of carbonyl (C=O) groups excluding carboxylic acids is 2. The molecule has 6 heteroatoms. The van der Waals surface area contributed by atoms with Gasteiger partial charge in [0.25, 0.3) is 0 Å². The number of hydrogen-bond acceptors (Lipinski definition) is 4. The van der Waals surface area contributed by atoms with Crippen molar-refractivity contribution < 1.29 is 19.1 Å². The van der Waals surface area contributed by atoms with Gasteiger partial charge in [0.15, 0.2) is 0 Å². The first-order valence-corrected chi connectivity index (χ1v) is 9.34. The van der Waals surface area contributed by atoms with E-state index in [9.17, 15) is 9.59 Å². The molecule has 0 spiro atoms. The van der Waals surface area contributed by atoms with Crippen LogP contribution in [0.15, 0.2) is 24.3 Å². The van der Waals surface area contributed by atoms with Gasteiger partial charge < -0.3 is 19.7 Å². The summed E-state index contributed by atoms with van der Waals surface area (Å²) in [5.74, 6) is 1.14. The maximum absolute atomic E-state index is 12.9. The molecule has 2 aliphatic rings. The van der Waals surface area contributed by atoms with Gasteiger partial charge in [0.2, 0.25) is 11.8 Å². The van der Waals surface area contributed by atoms with E-state index in [0.29, 0.717) is 37.7 Å². The zero-order valence-electron chi connectivity index (χ0n) is 15.6. The molecule has 0 bridgehead atoms. The molecule has 0 unspecified atom stereocenters. The van der Waals surface area contributed by atoms with Crippen LogP contribution in [0.3, 0.4) is 0 Å². The fourth-order valence-electron chi connectivity index (χ4n) is 3.67. The second-order valence-electron chi connectivity index (χ2n) is 7.10. The highest BCUT2D eigenvalue weighted by Crippen LogP contribution is 2.40. The Morgan fingerprint density at radius 3 is 2.69 bits per heavy atom. The number of likely N-dealkylation sites (tertiary alicyclic amines) is 1. The first kappa shape index (κ1) is 18.7. The lowest BCUT2D eigenvalue weighted by molar-refractivity contribution is -0.144. The standard InChI is InChI=1S/C20H28N2O4/c1-25-12-11-22-18(23)10-9-16(20(24)21-13-14-7-8-14)19(22)15-5-3-4-6-17(15)26-2/h3-6,14,16,19H,7-13H2,1-2H3,(H,21,24)/t16-,19+/m1/s1. The summed E-state index contributed by atoms with van der Waals surface area (Å²) >= 11 is 0. The number of piperidine rings is 1. The molecule has 1 heterocycles. The molecule has 1 aromatic rings. The van der Waals surface area contributed by atoms with Gasteiger partial charge in [0.1, 0.15) is 5.75 Å². The Morgan fingerprint density at radius 2 is 2.00 bits per heavy atom. The van der Waals surface area contributed by atoms with Crippen molar-refractivity contribution in [2.45, 2.75) is 31.7 Å². The lowest BCUT2D eigenvalue weighted by Crippen LogP contribution is -2.49. The van der Waals surface area contributed by atoms with Crippen LogP contribution in [-0.4, -0.2) is 50.6 Å². The van der Waals surface area contributed by atoms with Crippen LogP contribution in [0.25, 0.3) is 0 Å². The highest BCUT2D eigenvalue weighted by molar-refractivity contribution is 5.85. The van der Waals surface area contributed by atoms with Crippen LogP contribution in [0.4, 0.5) is 0 Å². The number of amides is 2. The number of nitrogens with one attached hydrogen (secondary N) is 1. The average molecular weight is 360 g/mol. The van der Waals surface area contributed by atoms with Crippen molar-refractivity contribution in [3.8, 4) is 5.75 Å². The van der Waals surface area contributed by atoms with Gasteiger partial charge in [-0.25, -0.2) is 0 Å². The molecule has 2 atom stereocenters. The van der Waals surface area contributed by atoms with E-state index in [1.165, 1.54) is 12.8 Å². The van der Waals surface area contributed by atoms with Gasteiger partial charge in [-0.2, -0.15) is 0 Å². The molecule has 1 aromatic carbocycles. The average Bonchev–Trinajstić information content (AvgIpc) is 3.49. The minimum Gasteiger partial charge on any atom is -0.496 e. The molecular weight excluding hydrogens is 332 g/mol. The molecule has 2 fully saturated rings. The minimum absolute atomic E-state index is 0.0303. The van der Waals surface area contributed by atoms with Gasteiger partial charge >= 0.3 is 0 Å². The zero-order valence-corrected chi connectivity index (χ0v) is 15.6. The van der Waals surface area contributed by atoms with Crippen molar-refractivity contribution >= 4 is 11.8 Å². The first-order valence-electron chi connectivity index (χ1n) is 9.34. The number of ether oxygens (including phenoxy) is 2. The summed E-state index contributed by atoms with van der Waals surface area (Å²) in [6.07, 6.45) is 3.33. The van der Waals surface area contributed by atoms with Crippen LogP contribution < -0.4 is 10.1 Å². The zero-order chi connectivity index (χ0) is 18.5. The lowest BCUT2D eigenvalue weighted by atomic mass is 9.83. The van der Waals surface area contributed by atoms with E-state index < -0.39 is 0 Å². The van der Waals surface area contributed by atoms with Crippen LogP contribution in [0.5, 0.6) is 5.75 Å². The van der Waals surface area contributed by atoms with Crippen molar-refractivity contribution in [1.29, 1.82) is 0 Å². The molecule has 3 rings (SSSR count). The van der Waals surface area contributed by atoms with E-state index >= 15 is 0 Å². The fraction of sp³-hybridized carbons (Fsp3) is 0.600. The van der Waals surface area contributed by atoms with E-state index in [0.717, 1.165) is 12.1 Å². The summed E-state index contributed by atoms with van der Waals surface area (Å²) in [7, 11) is 3.23.